The van der Waals surface area contributed by atoms with Crippen LogP contribution in [0.4, 0.5) is 0 Å². The third-order valence-electron chi connectivity index (χ3n) is 3.41. The molecule has 0 bridgehead atoms. The number of nitrogens with one attached hydrogen (secondary N) is 1. The molecule has 1 aliphatic heterocycles. The molecule has 1 aromatic heterocycles. The van der Waals surface area contributed by atoms with E-state index in [0.29, 0.717) is 12.1 Å². The maximum Gasteiger partial charge on any atom is 0.120 e. The van der Waals surface area contributed by atoms with Crippen LogP contribution in [0.1, 0.15) is 31.6 Å². The minimum atomic E-state index is 0.366. The van der Waals surface area contributed by atoms with E-state index in [1.165, 1.54) is 19.4 Å². The Morgan fingerprint density at radius 1 is 1.60 bits per heavy atom. The molecule has 1 N–H and O–H groups in total. The second-order valence-electron chi connectivity index (χ2n) is 4.36. The van der Waals surface area contributed by atoms with Crippen LogP contribution in [0.2, 0.25) is 0 Å². The Morgan fingerprint density at radius 2 is 2.47 bits per heavy atom. The predicted molar refractivity (Wildman–Crippen MR) is 60.8 cm³/mol. The molecule has 0 aliphatic carbocycles. The highest BCUT2D eigenvalue weighted by molar-refractivity contribution is 5.04. The van der Waals surface area contributed by atoms with Crippen molar-refractivity contribution in [3.05, 3.63) is 24.2 Å². The molecule has 1 aliphatic rings. The first-order chi connectivity index (χ1) is 7.29. The molecule has 15 heavy (non-hydrogen) atoms. The summed E-state index contributed by atoms with van der Waals surface area (Å²) in [5.74, 6) is 1.06. The number of hydrogen-bond acceptors (Lipinski definition) is 3. The lowest BCUT2D eigenvalue weighted by Crippen LogP contribution is -2.44. The van der Waals surface area contributed by atoms with Gasteiger partial charge in [-0.3, -0.25) is 4.90 Å². The lowest BCUT2D eigenvalue weighted by Gasteiger charge is -2.35. The van der Waals surface area contributed by atoms with E-state index >= 15 is 0 Å². The molecule has 0 radical (unpaired) electrons. The van der Waals surface area contributed by atoms with E-state index in [0.717, 1.165) is 12.3 Å². The topological polar surface area (TPSA) is 28.4 Å². The van der Waals surface area contributed by atoms with Crippen molar-refractivity contribution in [1.82, 2.24) is 10.2 Å². The second kappa shape index (κ2) is 4.81. The van der Waals surface area contributed by atoms with E-state index in [9.17, 15) is 0 Å². The zero-order valence-corrected chi connectivity index (χ0v) is 9.57. The zero-order chi connectivity index (χ0) is 10.7. The normalized spacial score (nSPS) is 24.3. The maximum absolute atomic E-state index is 5.45. The Hall–Kier alpha value is -0.800. The average Bonchev–Trinajstić information content (AvgIpc) is 2.82. The summed E-state index contributed by atoms with van der Waals surface area (Å²) in [6.45, 7) is 4.47. The van der Waals surface area contributed by atoms with Crippen molar-refractivity contribution in [3.63, 3.8) is 0 Å². The molecule has 0 amide bonds. The Labute approximate surface area is 91.4 Å². The molecule has 1 saturated heterocycles. The fourth-order valence-electron chi connectivity index (χ4n) is 2.23. The molecule has 1 fully saturated rings. The highest BCUT2D eigenvalue weighted by Gasteiger charge is 2.23. The van der Waals surface area contributed by atoms with Crippen molar-refractivity contribution in [3.8, 4) is 0 Å². The van der Waals surface area contributed by atoms with Crippen molar-refractivity contribution < 1.29 is 4.42 Å². The van der Waals surface area contributed by atoms with Gasteiger partial charge in [-0.05, 0) is 45.5 Å². The van der Waals surface area contributed by atoms with Gasteiger partial charge in [-0.25, -0.2) is 0 Å². The average molecular weight is 208 g/mol. The molecular formula is C12H20N2O. The van der Waals surface area contributed by atoms with Crippen molar-refractivity contribution in [1.29, 1.82) is 0 Å². The van der Waals surface area contributed by atoms with Crippen molar-refractivity contribution in [2.24, 2.45) is 0 Å². The summed E-state index contributed by atoms with van der Waals surface area (Å²) in [6, 6.07) is 5.01. The van der Waals surface area contributed by atoms with E-state index in [1.54, 1.807) is 6.26 Å². The van der Waals surface area contributed by atoms with E-state index in [1.807, 2.05) is 6.07 Å². The van der Waals surface area contributed by atoms with Crippen LogP contribution in [0.5, 0.6) is 0 Å². The van der Waals surface area contributed by atoms with Gasteiger partial charge in [0.2, 0.25) is 0 Å². The van der Waals surface area contributed by atoms with Gasteiger partial charge >= 0.3 is 0 Å². The van der Waals surface area contributed by atoms with Gasteiger partial charge < -0.3 is 9.73 Å². The molecule has 3 heteroatoms. The van der Waals surface area contributed by atoms with Crippen LogP contribution in [0.25, 0.3) is 0 Å². The second-order valence-corrected chi connectivity index (χ2v) is 4.36. The van der Waals surface area contributed by atoms with E-state index < -0.39 is 0 Å². The van der Waals surface area contributed by atoms with Gasteiger partial charge in [0.25, 0.3) is 0 Å². The Bertz CT molecular complexity index is 278. The molecule has 2 atom stereocenters. The largest absolute Gasteiger partial charge is 0.468 e. The predicted octanol–water partition coefficient (Wildman–Crippen LogP) is 2.02. The molecule has 0 aromatic carbocycles. The van der Waals surface area contributed by atoms with Gasteiger partial charge in [0.15, 0.2) is 0 Å². The molecule has 84 valence electrons. The third kappa shape index (κ3) is 2.41. The molecular weight excluding hydrogens is 188 g/mol. The van der Waals surface area contributed by atoms with Crippen LogP contribution in [-0.2, 0) is 0 Å². The minimum Gasteiger partial charge on any atom is -0.468 e. The number of hydrogen-bond donors (Lipinski definition) is 1. The minimum absolute atomic E-state index is 0.366. The smallest absolute Gasteiger partial charge is 0.120 e. The summed E-state index contributed by atoms with van der Waals surface area (Å²) in [7, 11) is 2.19. The number of piperidine rings is 1. The van der Waals surface area contributed by atoms with Crippen LogP contribution in [0.3, 0.4) is 0 Å². The highest BCUT2D eigenvalue weighted by Crippen LogP contribution is 2.23. The standard InChI is InChI=1S/C12H20N2O/c1-10(12-6-4-8-15-12)14(2)11-5-3-7-13-9-11/h4,6,8,10-11,13H,3,5,7,9H2,1-2H3/t10-,11+/m1/s1. The molecule has 2 rings (SSSR count). The van der Waals surface area contributed by atoms with Gasteiger partial charge in [-0.15, -0.1) is 0 Å². The fraction of sp³-hybridized carbons (Fsp3) is 0.667. The highest BCUT2D eigenvalue weighted by atomic mass is 16.3. The summed E-state index contributed by atoms with van der Waals surface area (Å²) in [4.78, 5) is 2.41. The fourth-order valence-corrected chi connectivity index (χ4v) is 2.23. The lowest BCUT2D eigenvalue weighted by atomic mass is 10.0. The van der Waals surface area contributed by atoms with Crippen LogP contribution >= 0.6 is 0 Å². The maximum atomic E-state index is 5.45. The zero-order valence-electron chi connectivity index (χ0n) is 9.57. The Balaban J connectivity index is 1.97. The number of nitrogens with zero attached hydrogens (tertiary/aromatic N) is 1. The van der Waals surface area contributed by atoms with Gasteiger partial charge in [0.1, 0.15) is 5.76 Å². The van der Waals surface area contributed by atoms with E-state index in [4.69, 9.17) is 4.42 Å². The van der Waals surface area contributed by atoms with Crippen LogP contribution in [0, 0.1) is 0 Å². The van der Waals surface area contributed by atoms with Crippen LogP contribution < -0.4 is 5.32 Å². The number of furan rings is 1. The lowest BCUT2D eigenvalue weighted by molar-refractivity contribution is 0.141. The first-order valence-electron chi connectivity index (χ1n) is 5.75. The summed E-state index contributed by atoms with van der Waals surface area (Å²) in [5.41, 5.74) is 0. The molecule has 0 unspecified atom stereocenters. The first-order valence-corrected chi connectivity index (χ1v) is 5.75. The van der Waals surface area contributed by atoms with Crippen molar-refractivity contribution in [2.75, 3.05) is 20.1 Å². The van der Waals surface area contributed by atoms with Crippen molar-refractivity contribution in [2.45, 2.75) is 31.8 Å². The monoisotopic (exact) mass is 208 g/mol. The quantitative estimate of drug-likeness (QED) is 0.824. The van der Waals surface area contributed by atoms with E-state index in [2.05, 4.69) is 30.3 Å². The van der Waals surface area contributed by atoms with Crippen molar-refractivity contribution >= 4 is 0 Å². The van der Waals surface area contributed by atoms with Crippen LogP contribution in [-0.4, -0.2) is 31.1 Å². The van der Waals surface area contributed by atoms with Gasteiger partial charge in [0.05, 0.1) is 12.3 Å². The van der Waals surface area contributed by atoms with Gasteiger partial charge in [-0.2, -0.15) is 0 Å². The number of rotatable bonds is 3. The summed E-state index contributed by atoms with van der Waals surface area (Å²) in [6.07, 6.45) is 4.31. The summed E-state index contributed by atoms with van der Waals surface area (Å²) >= 11 is 0. The first kappa shape index (κ1) is 10.7. The van der Waals surface area contributed by atoms with Crippen LogP contribution in [0.15, 0.2) is 22.8 Å². The SMILES string of the molecule is C[C@H](c1ccco1)N(C)[C@H]1CCCNC1. The van der Waals surface area contributed by atoms with E-state index in [-0.39, 0.29) is 0 Å². The third-order valence-corrected chi connectivity index (χ3v) is 3.41. The Kier molecular flexibility index (Phi) is 3.44. The molecule has 0 saturated carbocycles. The van der Waals surface area contributed by atoms with Gasteiger partial charge in [-0.1, -0.05) is 0 Å². The summed E-state index contributed by atoms with van der Waals surface area (Å²) in [5, 5.41) is 3.44. The molecule has 1 aromatic rings. The Morgan fingerprint density at radius 3 is 3.07 bits per heavy atom. The van der Waals surface area contributed by atoms with Gasteiger partial charge in [0, 0.05) is 12.6 Å². The number of likely N-dealkylation sites (N-methyl/N-ethyl adjacent to an activating group) is 1. The summed E-state index contributed by atoms with van der Waals surface area (Å²) < 4.78 is 5.45. The molecule has 0 spiro atoms. The molecule has 2 heterocycles. The molecule has 3 nitrogen and oxygen atoms in total.